The molecule has 1 heterocycles. The molecule has 0 bridgehead atoms. The minimum absolute atomic E-state index is 0.0513. The minimum Gasteiger partial charge on any atom is -0.507 e. The Morgan fingerprint density at radius 3 is 2.31 bits per heavy atom. The highest BCUT2D eigenvalue weighted by Gasteiger charge is 2.47. The predicted octanol–water partition coefficient (Wildman–Crippen LogP) is 5.27. The van der Waals surface area contributed by atoms with Crippen molar-refractivity contribution in [3.05, 3.63) is 106 Å². The molecule has 0 aromatic heterocycles. The van der Waals surface area contributed by atoms with Crippen molar-refractivity contribution in [3.8, 4) is 0 Å². The molecule has 1 unspecified atom stereocenters. The summed E-state index contributed by atoms with van der Waals surface area (Å²) in [5, 5.41) is 11.5. The summed E-state index contributed by atoms with van der Waals surface area (Å²) in [6.45, 7) is 1.92. The van der Waals surface area contributed by atoms with Crippen LogP contribution >= 0.6 is 11.6 Å². The van der Waals surface area contributed by atoms with E-state index in [1.807, 2.05) is 37.3 Å². The lowest BCUT2D eigenvalue weighted by atomic mass is 9.92. The number of aliphatic hydroxyl groups is 1. The lowest BCUT2D eigenvalue weighted by Crippen LogP contribution is -2.29. The summed E-state index contributed by atoms with van der Waals surface area (Å²) in [4.78, 5) is 27.5. The third kappa shape index (κ3) is 3.32. The maximum atomic E-state index is 13.0. The monoisotopic (exact) mass is 403 g/mol. The standard InChI is InChI=1S/C24H18ClNO3/c1-15-8-5-6-13-19(15)21-20(22(27)16-9-7-10-17(25)14-16)23(28)24(29)26(21)18-11-3-2-4-12-18/h2-14,21,27H,1H3/b22-20+. The van der Waals surface area contributed by atoms with Crippen molar-refractivity contribution in [2.24, 2.45) is 0 Å². The van der Waals surface area contributed by atoms with Crippen LogP contribution in [0.25, 0.3) is 5.76 Å². The molecule has 0 spiro atoms. The molecule has 4 nitrogen and oxygen atoms in total. The van der Waals surface area contributed by atoms with Gasteiger partial charge in [-0.3, -0.25) is 14.5 Å². The van der Waals surface area contributed by atoms with Crippen LogP contribution in [-0.2, 0) is 9.59 Å². The van der Waals surface area contributed by atoms with Gasteiger partial charge in [0.2, 0.25) is 0 Å². The second-order valence-corrected chi connectivity index (χ2v) is 7.31. The second kappa shape index (κ2) is 7.57. The van der Waals surface area contributed by atoms with Crippen molar-refractivity contribution in [3.63, 3.8) is 0 Å². The first-order chi connectivity index (χ1) is 14.0. The van der Waals surface area contributed by atoms with Crippen LogP contribution in [0.4, 0.5) is 5.69 Å². The van der Waals surface area contributed by atoms with Crippen LogP contribution in [0.1, 0.15) is 22.7 Å². The maximum absolute atomic E-state index is 13.0. The van der Waals surface area contributed by atoms with Crippen LogP contribution < -0.4 is 4.90 Å². The molecule has 0 saturated carbocycles. The summed E-state index contributed by atoms with van der Waals surface area (Å²) in [5.74, 6) is -1.63. The number of hydrogen-bond donors (Lipinski definition) is 1. The van der Waals surface area contributed by atoms with Crippen molar-refractivity contribution < 1.29 is 14.7 Å². The van der Waals surface area contributed by atoms with Crippen LogP contribution in [0, 0.1) is 6.92 Å². The van der Waals surface area contributed by atoms with Gasteiger partial charge in [0.15, 0.2) is 0 Å². The molecule has 3 aromatic rings. The van der Waals surface area contributed by atoms with E-state index in [1.165, 1.54) is 4.90 Å². The molecule has 1 saturated heterocycles. The number of benzene rings is 3. The number of nitrogens with zero attached hydrogens (tertiary/aromatic N) is 1. The first kappa shape index (κ1) is 19.0. The number of ketones is 1. The molecule has 0 aliphatic carbocycles. The summed E-state index contributed by atoms with van der Waals surface area (Å²) in [5.41, 5.74) is 2.72. The third-order valence-electron chi connectivity index (χ3n) is 5.06. The van der Waals surface area contributed by atoms with Gasteiger partial charge in [-0.25, -0.2) is 0 Å². The van der Waals surface area contributed by atoms with Crippen LogP contribution in [0.3, 0.4) is 0 Å². The number of aliphatic hydroxyl groups excluding tert-OH is 1. The minimum atomic E-state index is -0.738. The summed E-state index contributed by atoms with van der Waals surface area (Å²) in [6.07, 6.45) is 0. The Kier molecular flexibility index (Phi) is 4.95. The summed E-state index contributed by atoms with van der Waals surface area (Å²) < 4.78 is 0. The van der Waals surface area contributed by atoms with Crippen LogP contribution in [-0.4, -0.2) is 16.8 Å². The number of para-hydroxylation sites is 1. The molecular weight excluding hydrogens is 386 g/mol. The lowest BCUT2D eigenvalue weighted by Gasteiger charge is -2.26. The van der Waals surface area contributed by atoms with Gasteiger partial charge in [0, 0.05) is 16.3 Å². The highest BCUT2D eigenvalue weighted by Crippen LogP contribution is 2.43. The van der Waals surface area contributed by atoms with E-state index in [4.69, 9.17) is 11.6 Å². The molecule has 1 amide bonds. The number of aryl methyl sites for hydroxylation is 1. The molecule has 1 atom stereocenters. The van der Waals surface area contributed by atoms with Crippen molar-refractivity contribution in [2.75, 3.05) is 4.90 Å². The highest BCUT2D eigenvalue weighted by atomic mass is 35.5. The van der Waals surface area contributed by atoms with Crippen molar-refractivity contribution in [2.45, 2.75) is 13.0 Å². The highest BCUT2D eigenvalue weighted by molar-refractivity contribution is 6.51. The average molecular weight is 404 g/mol. The summed E-state index contributed by atoms with van der Waals surface area (Å²) >= 11 is 6.07. The van der Waals surface area contributed by atoms with Gasteiger partial charge < -0.3 is 5.11 Å². The first-order valence-electron chi connectivity index (χ1n) is 9.16. The second-order valence-electron chi connectivity index (χ2n) is 6.87. The smallest absolute Gasteiger partial charge is 0.300 e. The number of rotatable bonds is 3. The molecule has 1 fully saturated rings. The summed E-state index contributed by atoms with van der Waals surface area (Å²) in [7, 11) is 0. The molecule has 3 aromatic carbocycles. The van der Waals surface area contributed by atoms with Crippen molar-refractivity contribution in [1.29, 1.82) is 0 Å². The van der Waals surface area contributed by atoms with Crippen molar-refractivity contribution >= 4 is 34.7 Å². The largest absolute Gasteiger partial charge is 0.507 e. The van der Waals surface area contributed by atoms with Crippen LogP contribution in [0.15, 0.2) is 84.4 Å². The van der Waals surface area contributed by atoms with E-state index < -0.39 is 17.7 Å². The quantitative estimate of drug-likeness (QED) is 0.368. The Morgan fingerprint density at radius 2 is 1.62 bits per heavy atom. The molecule has 4 rings (SSSR count). The Labute approximate surface area is 173 Å². The number of anilines is 1. The van der Waals surface area contributed by atoms with E-state index in [9.17, 15) is 14.7 Å². The van der Waals surface area contributed by atoms with E-state index in [0.717, 1.165) is 11.1 Å². The molecule has 0 radical (unpaired) electrons. The fourth-order valence-electron chi connectivity index (χ4n) is 3.67. The Morgan fingerprint density at radius 1 is 0.931 bits per heavy atom. The first-order valence-corrected chi connectivity index (χ1v) is 9.54. The van der Waals surface area contributed by atoms with E-state index >= 15 is 0 Å². The topological polar surface area (TPSA) is 57.6 Å². The van der Waals surface area contributed by atoms with E-state index in [2.05, 4.69) is 0 Å². The number of carbonyl (C=O) groups is 2. The zero-order chi connectivity index (χ0) is 20.5. The van der Waals surface area contributed by atoms with Gasteiger partial charge in [-0.1, -0.05) is 66.2 Å². The molecular formula is C24H18ClNO3. The number of hydrogen-bond acceptors (Lipinski definition) is 3. The zero-order valence-corrected chi connectivity index (χ0v) is 16.4. The van der Waals surface area contributed by atoms with Gasteiger partial charge in [0.1, 0.15) is 5.76 Å². The Hall–Kier alpha value is -3.37. The normalized spacial score (nSPS) is 18.3. The van der Waals surface area contributed by atoms with Gasteiger partial charge in [-0.2, -0.15) is 0 Å². The third-order valence-corrected chi connectivity index (χ3v) is 5.29. The summed E-state index contributed by atoms with van der Waals surface area (Å²) in [6, 6.07) is 22.4. The average Bonchev–Trinajstić information content (AvgIpc) is 2.99. The number of halogens is 1. The Balaban J connectivity index is 1.99. The molecule has 144 valence electrons. The van der Waals surface area contributed by atoms with Gasteiger partial charge in [-0.05, 0) is 42.3 Å². The molecule has 1 aliphatic heterocycles. The van der Waals surface area contributed by atoms with E-state index in [-0.39, 0.29) is 11.3 Å². The van der Waals surface area contributed by atoms with Gasteiger partial charge in [0.25, 0.3) is 11.7 Å². The SMILES string of the molecule is Cc1ccccc1C1/C(=C(\O)c2cccc(Cl)c2)C(=O)C(=O)N1c1ccccc1. The fraction of sp³-hybridized carbons (Fsp3) is 0.0833. The molecule has 1 aliphatic rings. The Bertz CT molecular complexity index is 1140. The van der Waals surface area contributed by atoms with Gasteiger partial charge in [0.05, 0.1) is 11.6 Å². The van der Waals surface area contributed by atoms with Crippen LogP contribution in [0.2, 0.25) is 5.02 Å². The fourth-order valence-corrected chi connectivity index (χ4v) is 3.86. The van der Waals surface area contributed by atoms with Gasteiger partial charge >= 0.3 is 0 Å². The number of carbonyl (C=O) groups excluding carboxylic acids is 2. The molecule has 1 N–H and O–H groups in total. The number of amides is 1. The zero-order valence-electron chi connectivity index (χ0n) is 15.7. The number of Topliss-reactive ketones (excluding diaryl/α,β-unsaturated/α-hetero) is 1. The van der Waals surface area contributed by atoms with Crippen LogP contribution in [0.5, 0.6) is 0 Å². The molecule has 29 heavy (non-hydrogen) atoms. The molecule has 5 heteroatoms. The van der Waals surface area contributed by atoms with E-state index in [1.54, 1.807) is 48.5 Å². The van der Waals surface area contributed by atoms with Gasteiger partial charge in [-0.15, -0.1) is 0 Å². The lowest BCUT2D eigenvalue weighted by molar-refractivity contribution is -0.132. The van der Waals surface area contributed by atoms with E-state index in [0.29, 0.717) is 16.3 Å². The predicted molar refractivity (Wildman–Crippen MR) is 114 cm³/mol. The maximum Gasteiger partial charge on any atom is 0.300 e. The van der Waals surface area contributed by atoms with Crippen molar-refractivity contribution in [1.82, 2.24) is 0 Å².